The summed E-state index contributed by atoms with van der Waals surface area (Å²) in [6.07, 6.45) is 0.387. The molecule has 0 spiro atoms. The number of sulfonamides is 1. The SMILES string of the molecule is CCC(C)(NS(=O)(=O)c1ccc(OC)cc1)C(=N)N. The quantitative estimate of drug-likeness (QED) is 0.537. The van der Waals surface area contributed by atoms with E-state index < -0.39 is 15.6 Å². The lowest BCUT2D eigenvalue weighted by Crippen LogP contribution is -2.54. The molecule has 1 rings (SSSR count). The van der Waals surface area contributed by atoms with Gasteiger partial charge in [0.2, 0.25) is 10.0 Å². The van der Waals surface area contributed by atoms with Gasteiger partial charge in [-0.1, -0.05) is 6.92 Å². The maximum absolute atomic E-state index is 12.2. The summed E-state index contributed by atoms with van der Waals surface area (Å²) in [4.78, 5) is 0.106. The van der Waals surface area contributed by atoms with Crippen LogP contribution in [0.5, 0.6) is 5.75 Å². The van der Waals surface area contributed by atoms with Crippen molar-refractivity contribution in [2.75, 3.05) is 7.11 Å². The molecule has 1 aromatic carbocycles. The van der Waals surface area contributed by atoms with Crippen LogP contribution in [-0.2, 0) is 10.0 Å². The Labute approximate surface area is 113 Å². The van der Waals surface area contributed by atoms with Gasteiger partial charge in [-0.15, -0.1) is 0 Å². The van der Waals surface area contributed by atoms with Crippen LogP contribution in [0.1, 0.15) is 20.3 Å². The van der Waals surface area contributed by atoms with Crippen LogP contribution in [0.15, 0.2) is 29.2 Å². The lowest BCUT2D eigenvalue weighted by molar-refractivity contribution is 0.414. The molecule has 0 aromatic heterocycles. The van der Waals surface area contributed by atoms with Crippen LogP contribution in [0.4, 0.5) is 0 Å². The van der Waals surface area contributed by atoms with Gasteiger partial charge in [0.15, 0.2) is 0 Å². The highest BCUT2D eigenvalue weighted by Crippen LogP contribution is 2.18. The van der Waals surface area contributed by atoms with Crippen LogP contribution in [-0.4, -0.2) is 26.9 Å². The molecular formula is C12H19N3O3S. The van der Waals surface area contributed by atoms with Crippen molar-refractivity contribution < 1.29 is 13.2 Å². The molecule has 0 aliphatic rings. The summed E-state index contributed by atoms with van der Waals surface area (Å²) in [5.41, 5.74) is 4.36. The summed E-state index contributed by atoms with van der Waals surface area (Å²) in [6.45, 7) is 3.34. The molecule has 7 heteroatoms. The molecule has 0 bridgehead atoms. The molecule has 0 amide bonds. The smallest absolute Gasteiger partial charge is 0.241 e. The Morgan fingerprint density at radius 3 is 2.32 bits per heavy atom. The largest absolute Gasteiger partial charge is 0.497 e. The number of rotatable bonds is 6. The van der Waals surface area contributed by atoms with Crippen molar-refractivity contribution in [3.05, 3.63) is 24.3 Å². The maximum Gasteiger partial charge on any atom is 0.241 e. The lowest BCUT2D eigenvalue weighted by atomic mass is 10.00. The third-order valence-electron chi connectivity index (χ3n) is 3.03. The monoisotopic (exact) mass is 285 g/mol. The zero-order valence-electron chi connectivity index (χ0n) is 11.2. The number of nitrogens with two attached hydrogens (primary N) is 1. The molecule has 0 aliphatic heterocycles. The van der Waals surface area contributed by atoms with Gasteiger partial charge in [0.25, 0.3) is 0 Å². The van der Waals surface area contributed by atoms with Gasteiger partial charge in [0.05, 0.1) is 17.5 Å². The average Bonchev–Trinajstić information content (AvgIpc) is 2.38. The molecule has 0 fully saturated rings. The third kappa shape index (κ3) is 3.45. The van der Waals surface area contributed by atoms with E-state index in [0.29, 0.717) is 12.2 Å². The van der Waals surface area contributed by atoms with Gasteiger partial charge in [-0.3, -0.25) is 5.41 Å². The standard InChI is InChI=1S/C12H19N3O3S/c1-4-12(2,11(13)14)15-19(16,17)10-7-5-9(18-3)6-8-10/h5-8,15H,4H2,1-3H3,(H3,13,14). The van der Waals surface area contributed by atoms with Crippen LogP contribution < -0.4 is 15.2 Å². The van der Waals surface area contributed by atoms with Crippen molar-refractivity contribution in [2.45, 2.75) is 30.7 Å². The highest BCUT2D eigenvalue weighted by Gasteiger charge is 2.31. The number of amidine groups is 1. The molecule has 4 N–H and O–H groups in total. The first-order valence-electron chi connectivity index (χ1n) is 5.77. The first-order chi connectivity index (χ1) is 8.75. The fourth-order valence-electron chi connectivity index (χ4n) is 1.43. The Balaban J connectivity index is 3.07. The third-order valence-corrected chi connectivity index (χ3v) is 4.64. The molecule has 6 nitrogen and oxygen atoms in total. The number of nitrogens with one attached hydrogen (secondary N) is 2. The highest BCUT2D eigenvalue weighted by molar-refractivity contribution is 7.89. The van der Waals surface area contributed by atoms with Crippen molar-refractivity contribution in [3.8, 4) is 5.75 Å². The Bertz CT molecular complexity index is 554. The minimum Gasteiger partial charge on any atom is -0.497 e. The van der Waals surface area contributed by atoms with Crippen molar-refractivity contribution in [3.63, 3.8) is 0 Å². The summed E-state index contributed by atoms with van der Waals surface area (Å²) < 4.78 is 31.8. The molecule has 0 saturated carbocycles. The number of methoxy groups -OCH3 is 1. The van der Waals surface area contributed by atoms with Crippen molar-refractivity contribution in [1.29, 1.82) is 5.41 Å². The molecular weight excluding hydrogens is 266 g/mol. The zero-order valence-corrected chi connectivity index (χ0v) is 12.0. The topological polar surface area (TPSA) is 105 Å². The Morgan fingerprint density at radius 1 is 1.42 bits per heavy atom. The second-order valence-electron chi connectivity index (χ2n) is 4.38. The van der Waals surface area contributed by atoms with Gasteiger partial charge in [-0.05, 0) is 37.6 Å². The fourth-order valence-corrected chi connectivity index (χ4v) is 2.89. The minimum absolute atomic E-state index is 0.106. The molecule has 1 atom stereocenters. The van der Waals surface area contributed by atoms with Crippen molar-refractivity contribution >= 4 is 15.9 Å². The predicted octanol–water partition coefficient (Wildman–Crippen LogP) is 1.08. The first kappa shape index (κ1) is 15.5. The van der Waals surface area contributed by atoms with Crippen LogP contribution in [0.3, 0.4) is 0 Å². The summed E-state index contributed by atoms with van der Waals surface area (Å²) >= 11 is 0. The van der Waals surface area contributed by atoms with E-state index in [1.165, 1.54) is 19.2 Å². The van der Waals surface area contributed by atoms with Gasteiger partial charge in [0, 0.05) is 0 Å². The van der Waals surface area contributed by atoms with Crippen LogP contribution in [0, 0.1) is 5.41 Å². The molecule has 0 saturated heterocycles. The molecule has 1 aromatic rings. The summed E-state index contributed by atoms with van der Waals surface area (Å²) in [7, 11) is -2.22. The van der Waals surface area contributed by atoms with Gasteiger partial charge in [0.1, 0.15) is 11.6 Å². The van der Waals surface area contributed by atoms with Crippen molar-refractivity contribution in [1.82, 2.24) is 4.72 Å². The number of hydrogen-bond acceptors (Lipinski definition) is 4. The van der Waals surface area contributed by atoms with E-state index in [2.05, 4.69) is 4.72 Å². The van der Waals surface area contributed by atoms with E-state index in [1.54, 1.807) is 26.0 Å². The second-order valence-corrected chi connectivity index (χ2v) is 6.06. The molecule has 0 heterocycles. The summed E-state index contributed by atoms with van der Waals surface area (Å²) in [6, 6.07) is 6.01. The second kappa shape index (κ2) is 5.58. The van der Waals surface area contributed by atoms with E-state index in [9.17, 15) is 8.42 Å². The highest BCUT2D eigenvalue weighted by atomic mass is 32.2. The summed E-state index contributed by atoms with van der Waals surface area (Å²) in [5, 5.41) is 7.49. The molecule has 1 unspecified atom stereocenters. The Hall–Kier alpha value is -1.60. The first-order valence-corrected chi connectivity index (χ1v) is 7.26. The normalized spacial score (nSPS) is 14.7. The van der Waals surface area contributed by atoms with E-state index in [1.807, 2.05) is 0 Å². The number of ether oxygens (including phenoxy) is 1. The predicted molar refractivity (Wildman–Crippen MR) is 73.9 cm³/mol. The van der Waals surface area contributed by atoms with Gasteiger partial charge >= 0.3 is 0 Å². The van der Waals surface area contributed by atoms with Crippen LogP contribution in [0.2, 0.25) is 0 Å². The minimum atomic E-state index is -3.73. The Morgan fingerprint density at radius 2 is 1.95 bits per heavy atom. The van der Waals surface area contributed by atoms with E-state index in [-0.39, 0.29) is 10.7 Å². The zero-order chi connectivity index (χ0) is 14.7. The van der Waals surface area contributed by atoms with Crippen molar-refractivity contribution in [2.24, 2.45) is 5.73 Å². The average molecular weight is 285 g/mol. The molecule has 0 aliphatic carbocycles. The lowest BCUT2D eigenvalue weighted by Gasteiger charge is -2.27. The molecule has 19 heavy (non-hydrogen) atoms. The summed E-state index contributed by atoms with van der Waals surface area (Å²) in [5.74, 6) is 0.357. The maximum atomic E-state index is 12.2. The fraction of sp³-hybridized carbons (Fsp3) is 0.417. The van der Waals surface area contributed by atoms with Crippen LogP contribution >= 0.6 is 0 Å². The molecule has 0 radical (unpaired) electrons. The number of hydrogen-bond donors (Lipinski definition) is 3. The van der Waals surface area contributed by atoms with Crippen LogP contribution in [0.25, 0.3) is 0 Å². The van der Waals surface area contributed by atoms with E-state index in [4.69, 9.17) is 15.9 Å². The number of benzene rings is 1. The van der Waals surface area contributed by atoms with Gasteiger partial charge in [-0.25, -0.2) is 8.42 Å². The van der Waals surface area contributed by atoms with E-state index >= 15 is 0 Å². The van der Waals surface area contributed by atoms with Gasteiger partial charge < -0.3 is 10.5 Å². The Kier molecular flexibility index (Phi) is 4.54. The molecule has 106 valence electrons. The van der Waals surface area contributed by atoms with E-state index in [0.717, 1.165) is 0 Å². The van der Waals surface area contributed by atoms with Gasteiger partial charge in [-0.2, -0.15) is 4.72 Å².